The third-order valence-corrected chi connectivity index (χ3v) is 3.45. The Balaban J connectivity index is 2.13. The topological polar surface area (TPSA) is 28.2 Å². The van der Waals surface area contributed by atoms with E-state index in [1.807, 2.05) is 18.5 Å². The maximum atomic E-state index is 4.22. The van der Waals surface area contributed by atoms with Gasteiger partial charge in [0.1, 0.15) is 0 Å². The molecule has 1 atom stereocenters. The third kappa shape index (κ3) is 3.19. The van der Waals surface area contributed by atoms with Gasteiger partial charge in [-0.1, -0.05) is 20.8 Å². The normalized spacial score (nSPS) is 22.3. The second-order valence-electron chi connectivity index (χ2n) is 5.88. The van der Waals surface area contributed by atoms with E-state index in [-0.39, 0.29) is 0 Å². The van der Waals surface area contributed by atoms with Crippen LogP contribution in [-0.2, 0) is 0 Å². The number of anilines is 1. The Morgan fingerprint density at radius 3 is 2.88 bits per heavy atom. The lowest BCUT2D eigenvalue weighted by atomic mass is 9.86. The molecule has 0 spiro atoms. The highest BCUT2D eigenvalue weighted by Crippen LogP contribution is 2.24. The average molecular weight is 233 g/mol. The highest BCUT2D eigenvalue weighted by molar-refractivity contribution is 5.44. The summed E-state index contributed by atoms with van der Waals surface area (Å²) in [5.74, 6) is 0. The second kappa shape index (κ2) is 5.05. The number of hydrogen-bond donors (Lipinski definition) is 1. The van der Waals surface area contributed by atoms with Crippen LogP contribution in [0.4, 0.5) is 5.69 Å². The summed E-state index contributed by atoms with van der Waals surface area (Å²) in [5.41, 5.74) is 1.54. The molecule has 3 nitrogen and oxygen atoms in total. The Kier molecular flexibility index (Phi) is 3.67. The molecule has 2 heterocycles. The quantitative estimate of drug-likeness (QED) is 0.806. The molecule has 3 heteroatoms. The van der Waals surface area contributed by atoms with Crippen molar-refractivity contribution in [2.24, 2.45) is 5.41 Å². The standard InChI is InChI=1S/C14H23N3/c1-14(2,3)13-11-17(9-5-8-16-13)12-6-4-7-15-10-12/h4,6-7,10,13,16H,5,8-9,11H2,1-3H3. The monoisotopic (exact) mass is 233 g/mol. The van der Waals surface area contributed by atoms with Gasteiger partial charge in [-0.05, 0) is 30.5 Å². The highest BCUT2D eigenvalue weighted by atomic mass is 15.2. The van der Waals surface area contributed by atoms with Crippen LogP contribution in [-0.4, -0.2) is 30.7 Å². The Morgan fingerprint density at radius 2 is 2.24 bits per heavy atom. The van der Waals surface area contributed by atoms with Crippen LogP contribution < -0.4 is 10.2 Å². The fraction of sp³-hybridized carbons (Fsp3) is 0.643. The molecule has 1 N–H and O–H groups in total. The van der Waals surface area contributed by atoms with Crippen molar-refractivity contribution in [3.63, 3.8) is 0 Å². The molecule has 1 saturated heterocycles. The van der Waals surface area contributed by atoms with Crippen LogP contribution in [0.15, 0.2) is 24.5 Å². The van der Waals surface area contributed by atoms with Crippen LogP contribution >= 0.6 is 0 Å². The van der Waals surface area contributed by atoms with Gasteiger partial charge in [0.05, 0.1) is 11.9 Å². The van der Waals surface area contributed by atoms with Gasteiger partial charge in [-0.2, -0.15) is 0 Å². The van der Waals surface area contributed by atoms with Crippen molar-refractivity contribution < 1.29 is 0 Å². The van der Waals surface area contributed by atoms with Crippen molar-refractivity contribution >= 4 is 5.69 Å². The van der Waals surface area contributed by atoms with Gasteiger partial charge in [0.25, 0.3) is 0 Å². The van der Waals surface area contributed by atoms with Gasteiger partial charge < -0.3 is 10.2 Å². The third-order valence-electron chi connectivity index (χ3n) is 3.45. The number of aromatic nitrogens is 1. The smallest absolute Gasteiger partial charge is 0.0553 e. The predicted molar refractivity (Wildman–Crippen MR) is 72.3 cm³/mol. The van der Waals surface area contributed by atoms with E-state index in [4.69, 9.17) is 0 Å². The van der Waals surface area contributed by atoms with Crippen molar-refractivity contribution in [3.05, 3.63) is 24.5 Å². The molecule has 0 aromatic carbocycles. The largest absolute Gasteiger partial charge is 0.369 e. The van der Waals surface area contributed by atoms with Gasteiger partial charge >= 0.3 is 0 Å². The fourth-order valence-corrected chi connectivity index (χ4v) is 2.28. The number of nitrogens with zero attached hydrogens (tertiary/aromatic N) is 2. The van der Waals surface area contributed by atoms with Gasteiger partial charge in [0.2, 0.25) is 0 Å². The Labute approximate surface area is 104 Å². The fourth-order valence-electron chi connectivity index (χ4n) is 2.28. The van der Waals surface area contributed by atoms with Gasteiger partial charge in [-0.15, -0.1) is 0 Å². The molecule has 1 aliphatic rings. The zero-order valence-corrected chi connectivity index (χ0v) is 11.1. The van der Waals surface area contributed by atoms with Crippen LogP contribution in [0.25, 0.3) is 0 Å². The zero-order chi connectivity index (χ0) is 12.3. The first-order chi connectivity index (χ1) is 8.07. The molecule has 0 amide bonds. The van der Waals surface area contributed by atoms with Gasteiger partial charge in [0.15, 0.2) is 0 Å². The molecule has 2 rings (SSSR count). The van der Waals surface area contributed by atoms with Crippen molar-refractivity contribution in [1.29, 1.82) is 0 Å². The second-order valence-corrected chi connectivity index (χ2v) is 5.88. The first-order valence-electron chi connectivity index (χ1n) is 6.46. The zero-order valence-electron chi connectivity index (χ0n) is 11.1. The van der Waals surface area contributed by atoms with E-state index >= 15 is 0 Å². The van der Waals surface area contributed by atoms with Gasteiger partial charge in [-0.25, -0.2) is 0 Å². The average Bonchev–Trinajstić information content (AvgIpc) is 2.55. The highest BCUT2D eigenvalue weighted by Gasteiger charge is 2.28. The van der Waals surface area contributed by atoms with E-state index in [1.165, 1.54) is 12.1 Å². The maximum absolute atomic E-state index is 4.22. The number of pyridine rings is 1. The molecular weight excluding hydrogens is 210 g/mol. The lowest BCUT2D eigenvalue weighted by Crippen LogP contribution is -2.46. The van der Waals surface area contributed by atoms with E-state index in [9.17, 15) is 0 Å². The van der Waals surface area contributed by atoms with Crippen LogP contribution in [0.3, 0.4) is 0 Å². The Morgan fingerprint density at radius 1 is 1.41 bits per heavy atom. The summed E-state index contributed by atoms with van der Waals surface area (Å²) >= 11 is 0. The summed E-state index contributed by atoms with van der Waals surface area (Å²) in [6.45, 7) is 10.2. The summed E-state index contributed by atoms with van der Waals surface area (Å²) in [5, 5.41) is 3.66. The SMILES string of the molecule is CC(C)(C)C1CN(c2cccnc2)CCCN1. The van der Waals surface area contributed by atoms with E-state index in [0.29, 0.717) is 11.5 Å². The molecule has 0 saturated carbocycles. The summed E-state index contributed by atoms with van der Waals surface area (Å²) in [7, 11) is 0. The van der Waals surface area contributed by atoms with E-state index in [0.717, 1.165) is 19.6 Å². The molecule has 0 aliphatic carbocycles. The van der Waals surface area contributed by atoms with E-state index in [2.05, 4.69) is 42.0 Å². The lowest BCUT2D eigenvalue weighted by Gasteiger charge is -2.34. The molecular formula is C14H23N3. The molecule has 0 radical (unpaired) electrons. The van der Waals surface area contributed by atoms with Crippen LogP contribution in [0.1, 0.15) is 27.2 Å². The van der Waals surface area contributed by atoms with Gasteiger partial charge in [0, 0.05) is 25.3 Å². The van der Waals surface area contributed by atoms with E-state index < -0.39 is 0 Å². The molecule has 0 bridgehead atoms. The summed E-state index contributed by atoms with van der Waals surface area (Å²) in [6, 6.07) is 4.70. The first-order valence-corrected chi connectivity index (χ1v) is 6.46. The van der Waals surface area contributed by atoms with E-state index in [1.54, 1.807) is 0 Å². The molecule has 94 valence electrons. The minimum absolute atomic E-state index is 0.296. The molecule has 1 aromatic rings. The molecule has 1 aliphatic heterocycles. The van der Waals surface area contributed by atoms with Crippen molar-refractivity contribution in [2.45, 2.75) is 33.2 Å². The molecule has 17 heavy (non-hydrogen) atoms. The van der Waals surface area contributed by atoms with Crippen LogP contribution in [0.5, 0.6) is 0 Å². The minimum atomic E-state index is 0.296. The predicted octanol–water partition coefficient (Wildman–Crippen LogP) is 2.30. The van der Waals surface area contributed by atoms with Crippen LogP contribution in [0.2, 0.25) is 0 Å². The Bertz CT molecular complexity index is 342. The van der Waals surface area contributed by atoms with Crippen LogP contribution in [0, 0.1) is 5.41 Å². The maximum Gasteiger partial charge on any atom is 0.0553 e. The minimum Gasteiger partial charge on any atom is -0.369 e. The molecule has 1 unspecified atom stereocenters. The summed E-state index contributed by atoms with van der Waals surface area (Å²) < 4.78 is 0. The first kappa shape index (κ1) is 12.4. The number of nitrogens with one attached hydrogen (secondary N) is 1. The molecule has 1 aromatic heterocycles. The van der Waals surface area contributed by atoms with Crippen molar-refractivity contribution in [3.8, 4) is 0 Å². The summed E-state index contributed by atoms with van der Waals surface area (Å²) in [4.78, 5) is 6.66. The van der Waals surface area contributed by atoms with Crippen molar-refractivity contribution in [2.75, 3.05) is 24.5 Å². The summed E-state index contributed by atoms with van der Waals surface area (Å²) in [6.07, 6.45) is 4.99. The van der Waals surface area contributed by atoms with Crippen molar-refractivity contribution in [1.82, 2.24) is 10.3 Å². The van der Waals surface area contributed by atoms with Gasteiger partial charge in [-0.3, -0.25) is 4.98 Å². The number of rotatable bonds is 1. The number of hydrogen-bond acceptors (Lipinski definition) is 3. The Hall–Kier alpha value is -1.09. The lowest BCUT2D eigenvalue weighted by molar-refractivity contribution is 0.280. The molecule has 1 fully saturated rings.